The quantitative estimate of drug-likeness (QED) is 0.468. The Hall–Kier alpha value is -3.48. The zero-order chi connectivity index (χ0) is 24.1. The topological polar surface area (TPSA) is 70.8 Å². The van der Waals surface area contributed by atoms with Gasteiger partial charge in [-0.25, -0.2) is 4.39 Å². The fraction of sp³-hybridized carbons (Fsp3) is 0.370. The molecule has 2 amide bonds. The maximum Gasteiger partial charge on any atom is 0.242 e. The average Bonchev–Trinajstić information content (AvgIpc) is 2.80. The summed E-state index contributed by atoms with van der Waals surface area (Å²) in [5.74, 6) is -0.610. The van der Waals surface area contributed by atoms with Crippen molar-refractivity contribution >= 4 is 22.8 Å². The maximum atomic E-state index is 13.4. The number of benzene rings is 2. The minimum atomic E-state index is -0.364. The summed E-state index contributed by atoms with van der Waals surface area (Å²) in [5, 5.41) is 0.446. The van der Waals surface area contributed by atoms with Crippen LogP contribution in [0.5, 0.6) is 0 Å². The lowest BCUT2D eigenvalue weighted by Crippen LogP contribution is -2.46. The summed E-state index contributed by atoms with van der Waals surface area (Å²) >= 11 is 0. The average molecular weight is 465 g/mol. The lowest BCUT2D eigenvalue weighted by atomic mass is 9.84. The largest absolute Gasteiger partial charge is 0.464 e. The number of carbonyl (C=O) groups excluding carboxylic acids is 2. The van der Waals surface area contributed by atoms with Crippen LogP contribution in [0.4, 0.5) is 4.39 Å². The van der Waals surface area contributed by atoms with E-state index in [-0.39, 0.29) is 48.6 Å². The molecule has 178 valence electrons. The first-order valence-electron chi connectivity index (χ1n) is 11.8. The Morgan fingerprint density at radius 3 is 2.44 bits per heavy atom. The Morgan fingerprint density at radius 2 is 1.76 bits per heavy atom. The van der Waals surface area contributed by atoms with Gasteiger partial charge in [0, 0.05) is 19.0 Å². The molecule has 1 aromatic heterocycles. The molecular formula is C27H29FN2O4. The van der Waals surface area contributed by atoms with Crippen molar-refractivity contribution in [2.75, 3.05) is 13.1 Å². The Labute approximate surface area is 198 Å². The van der Waals surface area contributed by atoms with Gasteiger partial charge >= 0.3 is 0 Å². The molecule has 0 atom stereocenters. The standard InChI is InChI=1S/C27H29FN2O4/c1-2-14-29(27(33)20-6-5-7-20)17-25(31)30(15-19-10-12-22(28)13-11-19)16-21-18-34-24-9-4-3-8-23(24)26(21)32/h3-4,8-13,18,20H,2,5-7,14-17H2,1H3. The molecule has 1 saturated carbocycles. The van der Waals surface area contributed by atoms with Gasteiger partial charge in [-0.05, 0) is 49.1 Å². The number of nitrogens with zero attached hydrogens (tertiary/aromatic N) is 2. The molecule has 4 rings (SSSR count). The molecule has 0 N–H and O–H groups in total. The zero-order valence-corrected chi connectivity index (χ0v) is 19.3. The van der Waals surface area contributed by atoms with Gasteiger partial charge in [-0.3, -0.25) is 14.4 Å². The number of fused-ring (bicyclic) bond motifs is 1. The van der Waals surface area contributed by atoms with E-state index in [1.807, 2.05) is 6.92 Å². The van der Waals surface area contributed by atoms with Crippen LogP contribution >= 0.6 is 0 Å². The second-order valence-corrected chi connectivity index (χ2v) is 8.85. The lowest BCUT2D eigenvalue weighted by Gasteiger charge is -2.33. The van der Waals surface area contributed by atoms with Crippen molar-refractivity contribution in [2.45, 2.75) is 45.7 Å². The van der Waals surface area contributed by atoms with Crippen LogP contribution in [-0.2, 0) is 22.7 Å². The number of hydrogen-bond acceptors (Lipinski definition) is 4. The smallest absolute Gasteiger partial charge is 0.242 e. The summed E-state index contributed by atoms with van der Waals surface area (Å²) in [5.41, 5.74) is 1.36. The van der Waals surface area contributed by atoms with E-state index < -0.39 is 0 Å². The normalized spacial score (nSPS) is 13.5. The van der Waals surface area contributed by atoms with E-state index in [1.54, 1.807) is 41.3 Å². The molecule has 2 aromatic carbocycles. The third-order valence-electron chi connectivity index (χ3n) is 6.34. The van der Waals surface area contributed by atoms with Crippen molar-refractivity contribution in [3.63, 3.8) is 0 Å². The first-order chi connectivity index (χ1) is 16.5. The fourth-order valence-corrected chi connectivity index (χ4v) is 4.19. The van der Waals surface area contributed by atoms with Crippen molar-refractivity contribution in [3.8, 4) is 0 Å². The molecule has 34 heavy (non-hydrogen) atoms. The van der Waals surface area contributed by atoms with E-state index in [0.717, 1.165) is 31.2 Å². The summed E-state index contributed by atoms with van der Waals surface area (Å²) < 4.78 is 19.0. The van der Waals surface area contributed by atoms with Crippen LogP contribution in [0.2, 0.25) is 0 Å². The molecule has 6 nitrogen and oxygen atoms in total. The molecule has 1 fully saturated rings. The molecule has 7 heteroatoms. The second kappa shape index (κ2) is 10.6. The molecule has 3 aromatic rings. The highest BCUT2D eigenvalue weighted by Crippen LogP contribution is 2.28. The molecule has 0 unspecified atom stereocenters. The number of halogens is 1. The Bertz CT molecular complexity index is 1220. The molecular weight excluding hydrogens is 435 g/mol. The van der Waals surface area contributed by atoms with Crippen molar-refractivity contribution in [2.24, 2.45) is 5.92 Å². The first kappa shape index (κ1) is 23.7. The Kier molecular flexibility index (Phi) is 7.40. The molecule has 0 spiro atoms. The second-order valence-electron chi connectivity index (χ2n) is 8.85. The highest BCUT2D eigenvalue weighted by Gasteiger charge is 2.31. The van der Waals surface area contributed by atoms with E-state index in [1.165, 1.54) is 23.3 Å². The molecule has 1 heterocycles. The number of carbonyl (C=O) groups is 2. The summed E-state index contributed by atoms with van der Waals surface area (Å²) in [7, 11) is 0. The minimum Gasteiger partial charge on any atom is -0.464 e. The van der Waals surface area contributed by atoms with Crippen molar-refractivity contribution in [1.82, 2.24) is 9.80 Å². The van der Waals surface area contributed by atoms with Crippen LogP contribution in [0.25, 0.3) is 11.0 Å². The van der Waals surface area contributed by atoms with Gasteiger partial charge in [-0.1, -0.05) is 37.6 Å². The van der Waals surface area contributed by atoms with E-state index in [0.29, 0.717) is 23.1 Å². The Morgan fingerprint density at radius 1 is 1.03 bits per heavy atom. The van der Waals surface area contributed by atoms with Crippen LogP contribution in [0.15, 0.2) is 64.0 Å². The fourth-order valence-electron chi connectivity index (χ4n) is 4.19. The lowest BCUT2D eigenvalue weighted by molar-refractivity contribution is -0.145. The molecule has 0 radical (unpaired) electrons. The van der Waals surface area contributed by atoms with Gasteiger partial charge in [0.15, 0.2) is 5.43 Å². The monoisotopic (exact) mass is 464 g/mol. The summed E-state index contributed by atoms with van der Waals surface area (Å²) in [6.45, 7) is 2.64. The molecule has 0 aliphatic heterocycles. The van der Waals surface area contributed by atoms with Gasteiger partial charge in [0.05, 0.1) is 30.3 Å². The number of rotatable bonds is 9. The molecule has 0 bridgehead atoms. The van der Waals surface area contributed by atoms with E-state index in [9.17, 15) is 18.8 Å². The number of para-hydroxylation sites is 1. The van der Waals surface area contributed by atoms with Crippen LogP contribution in [-0.4, -0.2) is 34.7 Å². The summed E-state index contributed by atoms with van der Waals surface area (Å²) in [4.78, 5) is 42.5. The summed E-state index contributed by atoms with van der Waals surface area (Å²) in [6.07, 6.45) is 4.91. The van der Waals surface area contributed by atoms with Gasteiger partial charge in [-0.15, -0.1) is 0 Å². The highest BCUT2D eigenvalue weighted by molar-refractivity contribution is 5.86. The van der Waals surface area contributed by atoms with Crippen LogP contribution in [0, 0.1) is 11.7 Å². The number of hydrogen-bond donors (Lipinski definition) is 0. The van der Waals surface area contributed by atoms with Gasteiger partial charge < -0.3 is 14.2 Å². The first-order valence-corrected chi connectivity index (χ1v) is 11.8. The van der Waals surface area contributed by atoms with E-state index >= 15 is 0 Å². The minimum absolute atomic E-state index is 0.00238. The van der Waals surface area contributed by atoms with Gasteiger partial charge in [0.1, 0.15) is 11.4 Å². The predicted octanol–water partition coefficient (Wildman–Crippen LogP) is 4.50. The van der Waals surface area contributed by atoms with Gasteiger partial charge in [-0.2, -0.15) is 0 Å². The maximum absolute atomic E-state index is 13.4. The van der Waals surface area contributed by atoms with Crippen LogP contribution in [0.3, 0.4) is 0 Å². The Balaban J connectivity index is 1.59. The van der Waals surface area contributed by atoms with Gasteiger partial charge in [0.2, 0.25) is 11.8 Å². The SMILES string of the molecule is CCCN(CC(=O)N(Cc1ccc(F)cc1)Cc1coc2ccccc2c1=O)C(=O)C1CCC1. The van der Waals surface area contributed by atoms with E-state index in [4.69, 9.17) is 4.42 Å². The predicted molar refractivity (Wildman–Crippen MR) is 127 cm³/mol. The molecule has 1 aliphatic carbocycles. The van der Waals surface area contributed by atoms with E-state index in [2.05, 4.69) is 0 Å². The molecule has 0 saturated heterocycles. The third-order valence-corrected chi connectivity index (χ3v) is 6.34. The van der Waals surface area contributed by atoms with Crippen molar-refractivity contribution in [3.05, 3.63) is 82.0 Å². The zero-order valence-electron chi connectivity index (χ0n) is 19.3. The third kappa shape index (κ3) is 5.35. The molecule has 1 aliphatic rings. The van der Waals surface area contributed by atoms with Crippen LogP contribution in [0.1, 0.15) is 43.7 Å². The van der Waals surface area contributed by atoms with Crippen molar-refractivity contribution in [1.29, 1.82) is 0 Å². The van der Waals surface area contributed by atoms with Gasteiger partial charge in [0.25, 0.3) is 0 Å². The highest BCUT2D eigenvalue weighted by atomic mass is 19.1. The number of amides is 2. The van der Waals surface area contributed by atoms with Crippen LogP contribution < -0.4 is 5.43 Å². The van der Waals surface area contributed by atoms with Crippen molar-refractivity contribution < 1.29 is 18.4 Å². The summed E-state index contributed by atoms with van der Waals surface area (Å²) in [6, 6.07) is 12.9.